The van der Waals surface area contributed by atoms with E-state index >= 15 is 0 Å². The number of anilines is 1. The minimum absolute atomic E-state index is 0.385. The van der Waals surface area contributed by atoms with Gasteiger partial charge in [-0.2, -0.15) is 0 Å². The second-order valence-corrected chi connectivity index (χ2v) is 7.41. The van der Waals surface area contributed by atoms with Crippen molar-refractivity contribution >= 4 is 29.9 Å². The number of carbonyl (C=O) groups is 1. The van der Waals surface area contributed by atoms with Crippen LogP contribution in [0.15, 0.2) is 12.8 Å². The Kier molecular flexibility index (Phi) is 3.77. The van der Waals surface area contributed by atoms with E-state index in [9.17, 15) is 9.90 Å². The van der Waals surface area contributed by atoms with Gasteiger partial charge in [-0.25, -0.2) is 4.79 Å². The molecule has 0 aliphatic carbocycles. The molecule has 128 valence electrons. The standard InChI is InChI=1S/C17H23BN2O4/c1-10-7-8-20(15(21)22)14-11(2)12(9-19-13(10)14)18-23-16(3,4)17(5,6)24-18/h9H,1,7-8H2,2-6H3,(H,21,22). The Hall–Kier alpha value is -1.86. The number of rotatable bonds is 1. The van der Waals surface area contributed by atoms with E-state index < -0.39 is 24.4 Å². The van der Waals surface area contributed by atoms with Crippen LogP contribution in [0.3, 0.4) is 0 Å². The van der Waals surface area contributed by atoms with Gasteiger partial charge in [-0.15, -0.1) is 0 Å². The van der Waals surface area contributed by atoms with Crippen molar-refractivity contribution in [2.24, 2.45) is 0 Å². The van der Waals surface area contributed by atoms with Crippen molar-refractivity contribution in [3.8, 4) is 0 Å². The SMILES string of the molecule is C=C1CCN(C(=O)O)c2c1ncc(B1OC(C)(C)C(C)(C)O1)c2C. The molecule has 0 unspecified atom stereocenters. The summed E-state index contributed by atoms with van der Waals surface area (Å²) >= 11 is 0. The molecule has 0 atom stereocenters. The Morgan fingerprint density at radius 1 is 1.33 bits per heavy atom. The Balaban J connectivity index is 2.08. The fourth-order valence-corrected chi connectivity index (χ4v) is 3.07. The first-order chi connectivity index (χ1) is 11.0. The summed E-state index contributed by atoms with van der Waals surface area (Å²) in [6, 6.07) is 0. The van der Waals surface area contributed by atoms with Crippen LogP contribution in [0, 0.1) is 6.92 Å². The molecule has 3 heterocycles. The number of aromatic nitrogens is 1. The molecule has 24 heavy (non-hydrogen) atoms. The molecule has 2 aliphatic heterocycles. The van der Waals surface area contributed by atoms with Crippen molar-refractivity contribution in [3.05, 3.63) is 24.0 Å². The van der Waals surface area contributed by atoms with E-state index in [0.29, 0.717) is 24.3 Å². The summed E-state index contributed by atoms with van der Waals surface area (Å²) in [5.41, 5.74) is 2.72. The molecule has 2 aliphatic rings. The fourth-order valence-electron chi connectivity index (χ4n) is 3.07. The molecule has 1 N–H and O–H groups in total. The quantitative estimate of drug-likeness (QED) is 0.802. The van der Waals surface area contributed by atoms with Crippen molar-refractivity contribution in [2.75, 3.05) is 11.4 Å². The Morgan fingerprint density at radius 3 is 2.46 bits per heavy atom. The number of hydrogen-bond donors (Lipinski definition) is 1. The van der Waals surface area contributed by atoms with Gasteiger partial charge in [-0.05, 0) is 52.2 Å². The Labute approximate surface area is 142 Å². The molecule has 3 rings (SSSR count). The van der Waals surface area contributed by atoms with Gasteiger partial charge in [0.2, 0.25) is 0 Å². The normalized spacial score (nSPS) is 21.8. The molecule has 7 heteroatoms. The van der Waals surface area contributed by atoms with E-state index in [2.05, 4.69) is 11.6 Å². The smallest absolute Gasteiger partial charge is 0.465 e. The summed E-state index contributed by atoms with van der Waals surface area (Å²) in [7, 11) is -0.571. The molecule has 6 nitrogen and oxygen atoms in total. The predicted molar refractivity (Wildman–Crippen MR) is 93.7 cm³/mol. The second kappa shape index (κ2) is 5.32. The third kappa shape index (κ3) is 2.43. The highest BCUT2D eigenvalue weighted by Crippen LogP contribution is 2.38. The Bertz CT molecular complexity index is 714. The number of hydrogen-bond acceptors (Lipinski definition) is 4. The number of nitrogens with zero attached hydrogens (tertiary/aromatic N) is 2. The molecular weight excluding hydrogens is 307 g/mol. The van der Waals surface area contributed by atoms with Crippen LogP contribution in [-0.2, 0) is 9.31 Å². The molecule has 1 amide bonds. The molecule has 1 saturated heterocycles. The van der Waals surface area contributed by atoms with Gasteiger partial charge in [0.1, 0.15) is 0 Å². The molecule has 1 aromatic rings. The minimum Gasteiger partial charge on any atom is -0.465 e. The van der Waals surface area contributed by atoms with Crippen molar-refractivity contribution in [1.29, 1.82) is 0 Å². The number of fused-ring (bicyclic) bond motifs is 1. The largest absolute Gasteiger partial charge is 0.496 e. The van der Waals surface area contributed by atoms with Crippen LogP contribution in [0.1, 0.15) is 45.4 Å². The molecule has 1 fully saturated rings. The average molecular weight is 330 g/mol. The van der Waals surface area contributed by atoms with E-state index in [-0.39, 0.29) is 0 Å². The van der Waals surface area contributed by atoms with E-state index in [1.165, 1.54) is 4.90 Å². The molecular formula is C17H23BN2O4. The van der Waals surface area contributed by atoms with Crippen LogP contribution in [0.2, 0.25) is 0 Å². The molecule has 0 spiro atoms. The third-order valence-electron chi connectivity index (χ3n) is 5.33. The molecule has 0 aromatic carbocycles. The van der Waals surface area contributed by atoms with Crippen LogP contribution in [0.4, 0.5) is 10.5 Å². The monoisotopic (exact) mass is 330 g/mol. The lowest BCUT2D eigenvalue weighted by molar-refractivity contribution is 0.00578. The van der Waals surface area contributed by atoms with Gasteiger partial charge in [0, 0.05) is 18.2 Å². The predicted octanol–water partition coefficient (Wildman–Crippen LogP) is 2.59. The molecule has 1 aromatic heterocycles. The average Bonchev–Trinajstić information content (AvgIpc) is 2.68. The highest BCUT2D eigenvalue weighted by Gasteiger charge is 2.52. The van der Waals surface area contributed by atoms with Gasteiger partial charge >= 0.3 is 13.2 Å². The topological polar surface area (TPSA) is 71.9 Å². The highest BCUT2D eigenvalue weighted by molar-refractivity contribution is 6.62. The molecule has 0 radical (unpaired) electrons. The van der Waals surface area contributed by atoms with E-state index in [1.807, 2.05) is 34.6 Å². The summed E-state index contributed by atoms with van der Waals surface area (Å²) in [5, 5.41) is 9.52. The lowest BCUT2D eigenvalue weighted by Gasteiger charge is -2.32. The summed E-state index contributed by atoms with van der Waals surface area (Å²) in [4.78, 5) is 17.4. The lowest BCUT2D eigenvalue weighted by atomic mass is 9.76. The fraction of sp³-hybridized carbons (Fsp3) is 0.529. The van der Waals surface area contributed by atoms with Crippen LogP contribution < -0.4 is 10.4 Å². The van der Waals surface area contributed by atoms with Gasteiger partial charge in [-0.1, -0.05) is 6.58 Å². The summed E-state index contributed by atoms with van der Waals surface area (Å²) in [6.45, 7) is 14.2. The molecule has 0 bridgehead atoms. The first-order valence-electron chi connectivity index (χ1n) is 8.09. The van der Waals surface area contributed by atoms with Gasteiger partial charge in [-0.3, -0.25) is 9.88 Å². The van der Waals surface area contributed by atoms with Crippen molar-refractivity contribution in [3.63, 3.8) is 0 Å². The minimum atomic E-state index is -0.986. The lowest BCUT2D eigenvalue weighted by Crippen LogP contribution is -2.41. The zero-order valence-corrected chi connectivity index (χ0v) is 14.8. The van der Waals surface area contributed by atoms with Crippen molar-refractivity contribution in [2.45, 2.75) is 52.2 Å². The van der Waals surface area contributed by atoms with Crippen LogP contribution in [0.5, 0.6) is 0 Å². The highest BCUT2D eigenvalue weighted by atomic mass is 16.7. The van der Waals surface area contributed by atoms with Crippen LogP contribution >= 0.6 is 0 Å². The maximum absolute atomic E-state index is 11.6. The first kappa shape index (κ1) is 17.0. The first-order valence-corrected chi connectivity index (χ1v) is 8.09. The zero-order valence-electron chi connectivity index (χ0n) is 14.8. The summed E-state index contributed by atoms with van der Waals surface area (Å²) < 4.78 is 12.2. The summed E-state index contributed by atoms with van der Waals surface area (Å²) in [6.07, 6.45) is 1.31. The maximum Gasteiger partial charge on any atom is 0.496 e. The number of amides is 1. The van der Waals surface area contributed by atoms with Crippen molar-refractivity contribution < 1.29 is 19.2 Å². The van der Waals surface area contributed by atoms with E-state index in [4.69, 9.17) is 9.31 Å². The van der Waals surface area contributed by atoms with Crippen LogP contribution in [-0.4, -0.2) is 41.0 Å². The summed E-state index contributed by atoms with van der Waals surface area (Å²) in [5.74, 6) is 0. The number of pyridine rings is 1. The van der Waals surface area contributed by atoms with E-state index in [0.717, 1.165) is 16.6 Å². The van der Waals surface area contributed by atoms with E-state index in [1.54, 1.807) is 6.20 Å². The third-order valence-corrected chi connectivity index (χ3v) is 5.33. The van der Waals surface area contributed by atoms with Crippen LogP contribution in [0.25, 0.3) is 5.57 Å². The van der Waals surface area contributed by atoms with Crippen molar-refractivity contribution in [1.82, 2.24) is 4.98 Å². The van der Waals surface area contributed by atoms with Gasteiger partial charge in [0.05, 0.1) is 22.6 Å². The number of carboxylic acid groups (broad SMARTS) is 1. The Morgan fingerprint density at radius 2 is 1.92 bits per heavy atom. The maximum atomic E-state index is 11.6. The molecule has 0 saturated carbocycles. The van der Waals surface area contributed by atoms with Gasteiger partial charge in [0.25, 0.3) is 0 Å². The zero-order chi connectivity index (χ0) is 17.9. The van der Waals surface area contributed by atoms with Gasteiger partial charge < -0.3 is 14.4 Å². The second-order valence-electron chi connectivity index (χ2n) is 7.41. The van der Waals surface area contributed by atoms with Gasteiger partial charge in [0.15, 0.2) is 0 Å².